The minimum atomic E-state index is -1.00. The summed E-state index contributed by atoms with van der Waals surface area (Å²) < 4.78 is 55.2. The van der Waals surface area contributed by atoms with Crippen molar-refractivity contribution >= 4 is 22.4 Å². The number of nitrogens with one attached hydrogen (secondary N) is 1. The molecular weight excluding hydrogens is 432 g/mol. The third kappa shape index (κ3) is 3.98. The molecule has 0 saturated carbocycles. The van der Waals surface area contributed by atoms with Crippen molar-refractivity contribution in [3.63, 3.8) is 0 Å². The summed E-state index contributed by atoms with van der Waals surface area (Å²) in [6.45, 7) is 0. The fraction of sp³-hybridized carbons (Fsp3) is 0. The second kappa shape index (κ2) is 8.31. The molecule has 1 N–H and O–H groups in total. The van der Waals surface area contributed by atoms with Crippen molar-refractivity contribution in [3.8, 4) is 22.5 Å². The predicted octanol–water partition coefficient (Wildman–Crippen LogP) is 6.66. The zero-order chi connectivity index (χ0) is 22.9. The lowest BCUT2D eigenvalue weighted by atomic mass is 10.0. The smallest absolute Gasteiger partial charge is 0.166 e. The first kappa shape index (κ1) is 20.6. The zero-order valence-electron chi connectivity index (χ0n) is 16.9. The summed E-state index contributed by atoms with van der Waals surface area (Å²) in [5.74, 6) is -3.24. The Kier molecular flexibility index (Phi) is 5.18. The Bertz CT molecular complexity index is 1490. The van der Waals surface area contributed by atoms with E-state index >= 15 is 0 Å². The van der Waals surface area contributed by atoms with Gasteiger partial charge in [-0.3, -0.25) is 4.98 Å². The summed E-state index contributed by atoms with van der Waals surface area (Å²) in [7, 11) is 0. The number of nitrogens with zero attached hydrogens (tertiary/aromatic N) is 3. The van der Waals surface area contributed by atoms with Gasteiger partial charge in [0, 0.05) is 40.7 Å². The molecule has 0 radical (unpaired) electrons. The van der Waals surface area contributed by atoms with Crippen LogP contribution >= 0.6 is 0 Å². The molecule has 0 aliphatic rings. The van der Waals surface area contributed by atoms with Crippen molar-refractivity contribution in [2.24, 2.45) is 0 Å². The van der Waals surface area contributed by atoms with Crippen molar-refractivity contribution in [2.45, 2.75) is 0 Å². The standard InChI is InChI=1S/C25H14F4N4/c26-19-9-7-16(12-21(19)28)31-25-18-8-6-14(17-4-1-5-20(27)23(17)29)11-22(18)32-24(33-25)15-3-2-10-30-13-15/h1-13H,(H,31,32,33). The van der Waals surface area contributed by atoms with E-state index in [1.807, 2.05) is 0 Å². The number of anilines is 2. The first-order valence-electron chi connectivity index (χ1n) is 9.88. The van der Waals surface area contributed by atoms with E-state index in [2.05, 4.69) is 20.3 Å². The second-order valence-electron chi connectivity index (χ2n) is 7.22. The van der Waals surface area contributed by atoms with Gasteiger partial charge in [-0.05, 0) is 48.0 Å². The van der Waals surface area contributed by atoms with E-state index in [9.17, 15) is 17.6 Å². The van der Waals surface area contributed by atoms with Crippen LogP contribution in [0.3, 0.4) is 0 Å². The maximum absolute atomic E-state index is 14.4. The highest BCUT2D eigenvalue weighted by molar-refractivity contribution is 5.94. The van der Waals surface area contributed by atoms with E-state index in [1.165, 1.54) is 18.2 Å². The number of halogens is 4. The number of hydrogen-bond acceptors (Lipinski definition) is 4. The van der Waals surface area contributed by atoms with Gasteiger partial charge in [0.2, 0.25) is 0 Å². The highest BCUT2D eigenvalue weighted by Crippen LogP contribution is 2.32. The topological polar surface area (TPSA) is 50.7 Å². The van der Waals surface area contributed by atoms with Crippen LogP contribution in [0.1, 0.15) is 0 Å². The van der Waals surface area contributed by atoms with Crippen molar-refractivity contribution in [1.29, 1.82) is 0 Å². The summed E-state index contributed by atoms with van der Waals surface area (Å²) in [6, 6.07) is 15.7. The Morgan fingerprint density at radius 1 is 0.697 bits per heavy atom. The van der Waals surface area contributed by atoms with Crippen LogP contribution in [0, 0.1) is 23.3 Å². The highest BCUT2D eigenvalue weighted by Gasteiger charge is 2.15. The van der Waals surface area contributed by atoms with Gasteiger partial charge in [-0.2, -0.15) is 0 Å². The van der Waals surface area contributed by atoms with Gasteiger partial charge in [0.05, 0.1) is 5.52 Å². The van der Waals surface area contributed by atoms with Crippen LogP contribution in [0.25, 0.3) is 33.4 Å². The third-order valence-corrected chi connectivity index (χ3v) is 5.06. The molecule has 162 valence electrons. The van der Waals surface area contributed by atoms with Crippen molar-refractivity contribution in [3.05, 3.63) is 102 Å². The molecule has 2 aromatic heterocycles. The molecule has 2 heterocycles. The largest absolute Gasteiger partial charge is 0.340 e. The molecule has 5 aromatic rings. The summed E-state index contributed by atoms with van der Waals surface area (Å²) in [5, 5.41) is 3.54. The van der Waals surface area contributed by atoms with Crippen molar-refractivity contribution < 1.29 is 17.6 Å². The monoisotopic (exact) mass is 446 g/mol. The molecule has 33 heavy (non-hydrogen) atoms. The molecule has 8 heteroatoms. The van der Waals surface area contributed by atoms with Crippen LogP contribution in [0.4, 0.5) is 29.1 Å². The van der Waals surface area contributed by atoms with E-state index in [1.54, 1.807) is 42.7 Å². The highest BCUT2D eigenvalue weighted by atomic mass is 19.2. The fourth-order valence-corrected chi connectivity index (χ4v) is 3.45. The van der Waals surface area contributed by atoms with Gasteiger partial charge in [0.15, 0.2) is 29.1 Å². The molecule has 0 aliphatic carbocycles. The molecule has 0 unspecified atom stereocenters. The molecule has 0 spiro atoms. The van der Waals surface area contributed by atoms with Gasteiger partial charge in [-0.15, -0.1) is 0 Å². The van der Waals surface area contributed by atoms with Gasteiger partial charge >= 0.3 is 0 Å². The quantitative estimate of drug-likeness (QED) is 0.314. The van der Waals surface area contributed by atoms with Crippen LogP contribution in [-0.2, 0) is 0 Å². The number of rotatable bonds is 4. The summed E-state index contributed by atoms with van der Waals surface area (Å²) in [4.78, 5) is 13.2. The molecule has 0 saturated heterocycles. The number of pyridine rings is 1. The molecule has 0 atom stereocenters. The normalized spacial score (nSPS) is 11.0. The predicted molar refractivity (Wildman–Crippen MR) is 118 cm³/mol. The maximum Gasteiger partial charge on any atom is 0.166 e. The molecule has 0 fully saturated rings. The van der Waals surface area contributed by atoms with E-state index in [4.69, 9.17) is 0 Å². The van der Waals surface area contributed by atoms with Gasteiger partial charge < -0.3 is 5.32 Å². The Labute approximate surface area is 185 Å². The van der Waals surface area contributed by atoms with Crippen molar-refractivity contribution in [1.82, 2.24) is 15.0 Å². The van der Waals surface area contributed by atoms with E-state index in [0.717, 1.165) is 18.2 Å². The van der Waals surface area contributed by atoms with Gasteiger partial charge in [0.1, 0.15) is 5.82 Å². The number of hydrogen-bond donors (Lipinski definition) is 1. The number of benzene rings is 3. The van der Waals surface area contributed by atoms with Crippen LogP contribution in [-0.4, -0.2) is 15.0 Å². The van der Waals surface area contributed by atoms with E-state index in [-0.39, 0.29) is 11.3 Å². The van der Waals surface area contributed by atoms with E-state index < -0.39 is 23.3 Å². The fourth-order valence-electron chi connectivity index (χ4n) is 3.45. The van der Waals surface area contributed by atoms with Gasteiger partial charge in [-0.1, -0.05) is 18.2 Å². The Morgan fingerprint density at radius 3 is 2.36 bits per heavy atom. The molecule has 3 aromatic carbocycles. The van der Waals surface area contributed by atoms with Crippen LogP contribution in [0.15, 0.2) is 79.1 Å². The Morgan fingerprint density at radius 2 is 1.58 bits per heavy atom. The molecule has 4 nitrogen and oxygen atoms in total. The maximum atomic E-state index is 14.4. The molecule has 0 amide bonds. The summed E-state index contributed by atoms with van der Waals surface area (Å²) in [6.07, 6.45) is 3.19. The van der Waals surface area contributed by atoms with Crippen LogP contribution < -0.4 is 5.32 Å². The molecular formula is C25H14F4N4. The number of fused-ring (bicyclic) bond motifs is 1. The lowest BCUT2D eigenvalue weighted by Crippen LogP contribution is -2.01. The van der Waals surface area contributed by atoms with Gasteiger partial charge in [-0.25, -0.2) is 27.5 Å². The first-order valence-corrected chi connectivity index (χ1v) is 9.88. The summed E-state index contributed by atoms with van der Waals surface area (Å²) >= 11 is 0. The first-order chi connectivity index (χ1) is 16.0. The lowest BCUT2D eigenvalue weighted by molar-refractivity contribution is 0.509. The average Bonchev–Trinajstić information content (AvgIpc) is 2.83. The summed E-state index contributed by atoms with van der Waals surface area (Å²) in [5.41, 5.74) is 1.86. The van der Waals surface area contributed by atoms with Gasteiger partial charge in [0.25, 0.3) is 0 Å². The third-order valence-electron chi connectivity index (χ3n) is 5.06. The minimum Gasteiger partial charge on any atom is -0.340 e. The molecule has 0 aliphatic heterocycles. The number of aromatic nitrogens is 3. The van der Waals surface area contributed by atoms with E-state index in [0.29, 0.717) is 33.7 Å². The second-order valence-corrected chi connectivity index (χ2v) is 7.22. The van der Waals surface area contributed by atoms with Crippen LogP contribution in [0.5, 0.6) is 0 Å². The SMILES string of the molecule is Fc1ccc(Nc2nc(-c3cccnc3)nc3cc(-c4cccc(F)c4F)ccc23)cc1F. The lowest BCUT2D eigenvalue weighted by Gasteiger charge is -2.13. The molecule has 5 rings (SSSR count). The average molecular weight is 446 g/mol. The Hall–Kier alpha value is -4.33. The Balaban J connectivity index is 1.69. The van der Waals surface area contributed by atoms with Crippen molar-refractivity contribution in [2.75, 3.05) is 5.32 Å². The van der Waals surface area contributed by atoms with Crippen LogP contribution in [0.2, 0.25) is 0 Å². The minimum absolute atomic E-state index is 0.0913. The molecule has 0 bridgehead atoms. The zero-order valence-corrected chi connectivity index (χ0v) is 16.9.